The van der Waals surface area contributed by atoms with Crippen LogP contribution < -0.4 is 0 Å². The normalized spacial score (nSPS) is 10.0. The van der Waals surface area contributed by atoms with E-state index in [-0.39, 0.29) is 16.5 Å². The minimum Gasteiger partial charge on any atom is -0.337 e. The van der Waals surface area contributed by atoms with Gasteiger partial charge in [-0.05, 0) is 24.3 Å². The van der Waals surface area contributed by atoms with Crippen molar-refractivity contribution in [3.63, 3.8) is 0 Å². The van der Waals surface area contributed by atoms with Crippen molar-refractivity contribution >= 4 is 11.0 Å². The van der Waals surface area contributed by atoms with Crippen molar-refractivity contribution in [3.05, 3.63) is 48.7 Å². The van der Waals surface area contributed by atoms with Crippen molar-refractivity contribution in [3.8, 4) is 11.5 Å². The van der Waals surface area contributed by atoms with Gasteiger partial charge in [-0.2, -0.15) is 0 Å². The van der Waals surface area contributed by atoms with E-state index >= 15 is 0 Å². The van der Waals surface area contributed by atoms with Crippen molar-refractivity contribution in [1.29, 1.82) is 0 Å². The van der Waals surface area contributed by atoms with Crippen LogP contribution in [-0.4, -0.2) is 15.0 Å². The summed E-state index contributed by atoms with van der Waals surface area (Å²) in [4.78, 5) is 12.0. The number of nitrogens with one attached hydrogen (secondary N) is 1. The van der Waals surface area contributed by atoms with E-state index in [1.807, 2.05) is 42.5 Å². The molecule has 3 nitrogen and oxygen atoms in total. The Morgan fingerprint density at radius 3 is 2.50 bits per heavy atom. The maximum Gasteiger partial charge on any atom is 0.157 e. The average Bonchev–Trinajstić information content (AvgIpc) is 2.74. The number of rotatable bonds is 1. The minimum atomic E-state index is 0. The zero-order valence-corrected chi connectivity index (χ0v) is 9.32. The summed E-state index contributed by atoms with van der Waals surface area (Å²) in [5, 5.41) is 0. The van der Waals surface area contributed by atoms with Gasteiger partial charge in [0.1, 0.15) is 5.69 Å². The summed E-state index contributed by atoms with van der Waals surface area (Å²) in [6.07, 6.45) is 1.77. The maximum absolute atomic E-state index is 4.46. The van der Waals surface area contributed by atoms with Crippen molar-refractivity contribution in [2.45, 2.75) is 0 Å². The summed E-state index contributed by atoms with van der Waals surface area (Å²) in [7, 11) is 0. The summed E-state index contributed by atoms with van der Waals surface area (Å²) >= 11 is 0. The Morgan fingerprint density at radius 1 is 0.938 bits per heavy atom. The topological polar surface area (TPSA) is 41.6 Å². The van der Waals surface area contributed by atoms with Crippen LogP contribution in [0, 0.1) is 0 Å². The molecule has 0 fully saturated rings. The first-order valence-electron chi connectivity index (χ1n) is 4.80. The molecule has 0 unspecified atom stereocenters. The number of nitrogens with zero attached hydrogens (tertiary/aromatic N) is 2. The molecule has 0 spiro atoms. The third-order valence-electron chi connectivity index (χ3n) is 2.30. The monoisotopic (exact) mass is 253 g/mol. The number of pyridine rings is 1. The zero-order valence-electron chi connectivity index (χ0n) is 8.33. The van der Waals surface area contributed by atoms with Crippen LogP contribution in [0.2, 0.25) is 0 Å². The molecule has 1 aromatic carbocycles. The average molecular weight is 254 g/mol. The molecule has 82 valence electrons. The standard InChI is InChI=1S/C12H9N3.Ni/c1-2-6-10-9(5-1)14-12(15-10)11-7-3-4-8-13-11;/h1-8H,(H,14,15);. The van der Waals surface area contributed by atoms with Crippen LogP contribution in [0.5, 0.6) is 0 Å². The number of fused-ring (bicyclic) bond motifs is 1. The second-order valence-corrected chi connectivity index (χ2v) is 3.32. The molecule has 2 heterocycles. The molecular weight excluding hydrogens is 245 g/mol. The van der Waals surface area contributed by atoms with Gasteiger partial charge in [0.25, 0.3) is 0 Å². The fourth-order valence-corrected chi connectivity index (χ4v) is 1.58. The van der Waals surface area contributed by atoms with Gasteiger partial charge in [0.15, 0.2) is 5.82 Å². The minimum absolute atomic E-state index is 0. The van der Waals surface area contributed by atoms with Crippen LogP contribution in [0.15, 0.2) is 48.7 Å². The van der Waals surface area contributed by atoms with Gasteiger partial charge in [-0.3, -0.25) is 4.98 Å². The quantitative estimate of drug-likeness (QED) is 0.678. The first-order valence-corrected chi connectivity index (χ1v) is 4.80. The third kappa shape index (κ3) is 1.84. The summed E-state index contributed by atoms with van der Waals surface area (Å²) in [6, 6.07) is 13.8. The molecule has 0 aliphatic heterocycles. The smallest absolute Gasteiger partial charge is 0.157 e. The number of imidazole rings is 1. The number of aromatic amines is 1. The number of aromatic nitrogens is 3. The fraction of sp³-hybridized carbons (Fsp3) is 0. The zero-order chi connectivity index (χ0) is 10.1. The fourth-order valence-electron chi connectivity index (χ4n) is 1.58. The van der Waals surface area contributed by atoms with E-state index in [9.17, 15) is 0 Å². The number of hydrogen-bond donors (Lipinski definition) is 1. The van der Waals surface area contributed by atoms with E-state index in [0.717, 1.165) is 22.6 Å². The summed E-state index contributed by atoms with van der Waals surface area (Å²) in [6.45, 7) is 0. The second kappa shape index (κ2) is 4.46. The Bertz CT molecular complexity index is 556. The Kier molecular flexibility index (Phi) is 3.02. The van der Waals surface area contributed by atoms with Crippen LogP contribution >= 0.6 is 0 Å². The molecular formula is C12H9N3Ni. The number of para-hydroxylation sites is 2. The van der Waals surface area contributed by atoms with Gasteiger partial charge in [-0.15, -0.1) is 0 Å². The molecule has 0 bridgehead atoms. The number of hydrogen-bond acceptors (Lipinski definition) is 2. The SMILES string of the molecule is [Ni].c1ccc(-c2nc3ccccc3[nH]2)nc1. The van der Waals surface area contributed by atoms with E-state index in [1.54, 1.807) is 6.20 Å². The first-order chi connectivity index (χ1) is 7.43. The molecule has 16 heavy (non-hydrogen) atoms. The Labute approximate surface area is 103 Å². The molecule has 0 amide bonds. The van der Waals surface area contributed by atoms with Crippen molar-refractivity contribution in [1.82, 2.24) is 15.0 Å². The van der Waals surface area contributed by atoms with Gasteiger partial charge >= 0.3 is 0 Å². The predicted molar refractivity (Wildman–Crippen MR) is 59.3 cm³/mol. The predicted octanol–water partition coefficient (Wildman–Crippen LogP) is 2.62. The molecule has 4 heteroatoms. The van der Waals surface area contributed by atoms with E-state index in [2.05, 4.69) is 15.0 Å². The van der Waals surface area contributed by atoms with E-state index in [0.29, 0.717) is 0 Å². The molecule has 0 atom stereocenters. The van der Waals surface area contributed by atoms with Gasteiger partial charge in [0.05, 0.1) is 11.0 Å². The third-order valence-corrected chi connectivity index (χ3v) is 2.30. The van der Waals surface area contributed by atoms with Crippen LogP contribution in [0.1, 0.15) is 0 Å². The molecule has 0 saturated heterocycles. The molecule has 3 aromatic rings. The molecule has 0 radical (unpaired) electrons. The van der Waals surface area contributed by atoms with E-state index in [1.165, 1.54) is 0 Å². The van der Waals surface area contributed by atoms with Crippen LogP contribution in [0.25, 0.3) is 22.6 Å². The Morgan fingerprint density at radius 2 is 1.75 bits per heavy atom. The van der Waals surface area contributed by atoms with Gasteiger partial charge < -0.3 is 4.98 Å². The summed E-state index contributed by atoms with van der Waals surface area (Å²) in [5.41, 5.74) is 2.88. The Balaban J connectivity index is 0.000000963. The molecule has 0 saturated carbocycles. The number of benzene rings is 1. The van der Waals surface area contributed by atoms with Crippen LogP contribution in [0.4, 0.5) is 0 Å². The molecule has 1 N–H and O–H groups in total. The van der Waals surface area contributed by atoms with Gasteiger partial charge in [0, 0.05) is 22.7 Å². The molecule has 0 aliphatic rings. The van der Waals surface area contributed by atoms with Gasteiger partial charge in [0.2, 0.25) is 0 Å². The summed E-state index contributed by atoms with van der Waals surface area (Å²) < 4.78 is 0. The van der Waals surface area contributed by atoms with E-state index in [4.69, 9.17) is 0 Å². The van der Waals surface area contributed by atoms with Crippen molar-refractivity contribution in [2.75, 3.05) is 0 Å². The molecule has 0 aliphatic carbocycles. The maximum atomic E-state index is 4.46. The second-order valence-electron chi connectivity index (χ2n) is 3.32. The number of H-pyrrole nitrogens is 1. The van der Waals surface area contributed by atoms with Crippen molar-refractivity contribution < 1.29 is 16.5 Å². The van der Waals surface area contributed by atoms with E-state index < -0.39 is 0 Å². The van der Waals surface area contributed by atoms with Gasteiger partial charge in [-0.1, -0.05) is 18.2 Å². The Hall–Kier alpha value is -1.67. The molecule has 2 aromatic heterocycles. The van der Waals surface area contributed by atoms with Gasteiger partial charge in [-0.25, -0.2) is 4.98 Å². The summed E-state index contributed by atoms with van der Waals surface area (Å²) in [5.74, 6) is 0.816. The first kappa shape index (κ1) is 10.8. The van der Waals surface area contributed by atoms with Crippen LogP contribution in [-0.2, 0) is 16.5 Å². The van der Waals surface area contributed by atoms with Crippen LogP contribution in [0.3, 0.4) is 0 Å². The largest absolute Gasteiger partial charge is 0.337 e. The van der Waals surface area contributed by atoms with Crippen molar-refractivity contribution in [2.24, 2.45) is 0 Å². The molecule has 3 rings (SSSR count).